The van der Waals surface area contributed by atoms with Crippen LogP contribution in [0.25, 0.3) is 0 Å². The van der Waals surface area contributed by atoms with E-state index in [1.165, 1.54) is 7.11 Å². The monoisotopic (exact) mass is 282 g/mol. The summed E-state index contributed by atoms with van der Waals surface area (Å²) in [5, 5.41) is 0. The van der Waals surface area contributed by atoms with Gasteiger partial charge in [-0.25, -0.2) is 0 Å². The highest BCUT2D eigenvalue weighted by atomic mass is 79.9. The molecule has 1 aromatic carbocycles. The van der Waals surface area contributed by atoms with Crippen LogP contribution in [0.1, 0.15) is 34.7 Å². The molecule has 1 atom stereocenters. The first-order chi connectivity index (χ1) is 7.61. The smallest absolute Gasteiger partial charge is 0.306 e. The molecule has 0 amide bonds. The van der Waals surface area contributed by atoms with E-state index in [4.69, 9.17) is 0 Å². The fraction of sp³-hybridized carbons (Fsp3) is 0.333. The number of hydrogen-bond donors (Lipinski definition) is 0. The molecule has 16 heavy (non-hydrogen) atoms. The van der Waals surface area contributed by atoms with Crippen LogP contribution in [0.5, 0.6) is 0 Å². The summed E-state index contributed by atoms with van der Waals surface area (Å²) in [7, 11) is 1.36. The van der Waals surface area contributed by atoms with Crippen molar-refractivity contribution < 1.29 is 14.3 Å². The first-order valence-corrected chi connectivity index (χ1v) is 5.80. The van der Waals surface area contributed by atoms with Crippen molar-refractivity contribution in [2.75, 3.05) is 7.11 Å². The fourth-order valence-electron chi connectivity index (χ4n) is 2.04. The summed E-state index contributed by atoms with van der Waals surface area (Å²) in [6, 6.07) is 5.61. The Morgan fingerprint density at radius 1 is 1.56 bits per heavy atom. The average Bonchev–Trinajstić information content (AvgIpc) is 2.55. The van der Waals surface area contributed by atoms with Gasteiger partial charge in [-0.15, -0.1) is 0 Å². The second-order valence-corrected chi connectivity index (χ2v) is 4.75. The van der Waals surface area contributed by atoms with Gasteiger partial charge in [0.25, 0.3) is 0 Å². The Morgan fingerprint density at radius 3 is 3.00 bits per heavy atom. The van der Waals surface area contributed by atoms with Gasteiger partial charge in [0.2, 0.25) is 0 Å². The molecule has 84 valence electrons. The number of carbonyl (C=O) groups excluding carboxylic acids is 2. The predicted octanol–water partition coefficient (Wildman–Crippen LogP) is 2.68. The van der Waals surface area contributed by atoms with E-state index >= 15 is 0 Å². The minimum absolute atomic E-state index is 0.0250. The van der Waals surface area contributed by atoms with Crippen LogP contribution in [0.2, 0.25) is 0 Å². The average molecular weight is 283 g/mol. The molecule has 0 fully saturated rings. The minimum atomic E-state index is -0.270. The summed E-state index contributed by atoms with van der Waals surface area (Å²) < 4.78 is 5.51. The summed E-state index contributed by atoms with van der Waals surface area (Å²) >= 11 is 3.33. The van der Waals surface area contributed by atoms with Gasteiger partial charge in [-0.05, 0) is 17.7 Å². The number of Topliss-reactive ketones (excluding diaryl/α,β-unsaturated/α-hetero) is 1. The Labute approximate surface area is 102 Å². The number of halogens is 1. The van der Waals surface area contributed by atoms with Gasteiger partial charge in [0.05, 0.1) is 13.5 Å². The number of hydrogen-bond acceptors (Lipinski definition) is 3. The van der Waals surface area contributed by atoms with Gasteiger partial charge < -0.3 is 4.74 Å². The van der Waals surface area contributed by atoms with Crippen LogP contribution in [0, 0.1) is 0 Å². The third kappa shape index (κ3) is 2.02. The van der Waals surface area contributed by atoms with Crippen LogP contribution in [0.15, 0.2) is 22.7 Å². The van der Waals surface area contributed by atoms with Crippen molar-refractivity contribution in [2.24, 2.45) is 0 Å². The van der Waals surface area contributed by atoms with Crippen LogP contribution >= 0.6 is 15.9 Å². The highest BCUT2D eigenvalue weighted by Crippen LogP contribution is 2.36. The van der Waals surface area contributed by atoms with Gasteiger partial charge in [-0.1, -0.05) is 22.0 Å². The number of fused-ring (bicyclic) bond motifs is 1. The quantitative estimate of drug-likeness (QED) is 0.784. The molecule has 3 nitrogen and oxygen atoms in total. The number of esters is 1. The van der Waals surface area contributed by atoms with Crippen LogP contribution in [-0.4, -0.2) is 18.9 Å². The largest absolute Gasteiger partial charge is 0.469 e. The number of ketones is 1. The molecule has 0 radical (unpaired) electrons. The Morgan fingerprint density at radius 2 is 2.31 bits per heavy atom. The number of methoxy groups -OCH3 is 1. The molecule has 0 aromatic heterocycles. The summed E-state index contributed by atoms with van der Waals surface area (Å²) in [6.07, 6.45) is 0.678. The first-order valence-electron chi connectivity index (χ1n) is 5.01. The van der Waals surface area contributed by atoms with Crippen LogP contribution in [0.4, 0.5) is 0 Å². The SMILES string of the molecule is COC(=O)C[C@H]1CC(=O)c2cc(Br)ccc21. The summed E-state index contributed by atoms with van der Waals surface area (Å²) in [5.74, 6) is -0.193. The van der Waals surface area contributed by atoms with Crippen molar-refractivity contribution in [3.63, 3.8) is 0 Å². The van der Waals surface area contributed by atoms with E-state index in [1.807, 2.05) is 18.2 Å². The van der Waals surface area contributed by atoms with E-state index in [0.717, 1.165) is 15.6 Å². The third-order valence-corrected chi connectivity index (χ3v) is 3.32. The van der Waals surface area contributed by atoms with Crippen LogP contribution in [-0.2, 0) is 9.53 Å². The van der Waals surface area contributed by atoms with E-state index in [0.29, 0.717) is 6.42 Å². The van der Waals surface area contributed by atoms with Gasteiger partial charge in [0.15, 0.2) is 5.78 Å². The van der Waals surface area contributed by atoms with E-state index in [-0.39, 0.29) is 24.1 Å². The molecule has 1 aromatic rings. The first kappa shape index (κ1) is 11.3. The topological polar surface area (TPSA) is 43.4 Å². The zero-order valence-electron chi connectivity index (χ0n) is 8.83. The van der Waals surface area contributed by atoms with Crippen molar-refractivity contribution in [3.8, 4) is 0 Å². The van der Waals surface area contributed by atoms with Crippen molar-refractivity contribution in [2.45, 2.75) is 18.8 Å². The molecule has 0 saturated carbocycles. The lowest BCUT2D eigenvalue weighted by molar-refractivity contribution is -0.141. The molecule has 0 unspecified atom stereocenters. The Hall–Kier alpha value is -1.16. The fourth-order valence-corrected chi connectivity index (χ4v) is 2.40. The second kappa shape index (κ2) is 4.37. The Balaban J connectivity index is 2.29. The van der Waals surface area contributed by atoms with Gasteiger partial charge in [-0.3, -0.25) is 9.59 Å². The Bertz CT molecular complexity index is 454. The maximum Gasteiger partial charge on any atom is 0.306 e. The second-order valence-electron chi connectivity index (χ2n) is 3.84. The molecule has 1 aliphatic rings. The van der Waals surface area contributed by atoms with Crippen molar-refractivity contribution in [1.82, 2.24) is 0 Å². The van der Waals surface area contributed by atoms with Crippen molar-refractivity contribution in [3.05, 3.63) is 33.8 Å². The lowest BCUT2D eigenvalue weighted by Gasteiger charge is -2.08. The maximum atomic E-state index is 11.7. The standard InChI is InChI=1S/C12H11BrO3/c1-16-12(15)5-7-4-11(14)10-6-8(13)2-3-9(7)10/h2-3,6-7H,4-5H2,1H3/t7-/m1/s1. The van der Waals surface area contributed by atoms with Gasteiger partial charge >= 0.3 is 5.97 Å². The minimum Gasteiger partial charge on any atom is -0.469 e. The zero-order valence-corrected chi connectivity index (χ0v) is 10.4. The van der Waals surface area contributed by atoms with Gasteiger partial charge in [-0.2, -0.15) is 0 Å². The molecule has 1 aliphatic carbocycles. The Kier molecular flexibility index (Phi) is 3.10. The molecule has 4 heteroatoms. The molecule has 0 N–H and O–H groups in total. The van der Waals surface area contributed by atoms with E-state index < -0.39 is 0 Å². The highest BCUT2D eigenvalue weighted by Gasteiger charge is 2.30. The van der Waals surface area contributed by atoms with E-state index in [2.05, 4.69) is 20.7 Å². The molecule has 2 rings (SSSR count). The van der Waals surface area contributed by atoms with Gasteiger partial charge in [0, 0.05) is 22.4 Å². The maximum absolute atomic E-state index is 11.7. The summed E-state index contributed by atoms with van der Waals surface area (Å²) in [4.78, 5) is 22.9. The molecular weight excluding hydrogens is 272 g/mol. The van der Waals surface area contributed by atoms with Gasteiger partial charge in [0.1, 0.15) is 0 Å². The zero-order chi connectivity index (χ0) is 11.7. The molecule has 0 heterocycles. The predicted molar refractivity (Wildman–Crippen MR) is 62.5 cm³/mol. The molecule has 0 bridgehead atoms. The highest BCUT2D eigenvalue weighted by molar-refractivity contribution is 9.10. The van der Waals surface area contributed by atoms with E-state index in [1.54, 1.807) is 0 Å². The lowest BCUT2D eigenvalue weighted by atomic mass is 9.98. The number of benzene rings is 1. The summed E-state index contributed by atoms with van der Waals surface area (Å²) in [6.45, 7) is 0. The molecule has 0 saturated heterocycles. The summed E-state index contributed by atoms with van der Waals surface area (Å²) in [5.41, 5.74) is 1.68. The number of ether oxygens (including phenoxy) is 1. The molecule has 0 aliphatic heterocycles. The van der Waals surface area contributed by atoms with Crippen molar-refractivity contribution in [1.29, 1.82) is 0 Å². The third-order valence-electron chi connectivity index (χ3n) is 2.83. The molecule has 0 spiro atoms. The van der Waals surface area contributed by atoms with Crippen LogP contribution in [0.3, 0.4) is 0 Å². The van der Waals surface area contributed by atoms with E-state index in [9.17, 15) is 9.59 Å². The van der Waals surface area contributed by atoms with Crippen molar-refractivity contribution >= 4 is 27.7 Å². The normalized spacial score (nSPS) is 18.4. The number of carbonyl (C=O) groups is 2. The number of rotatable bonds is 2. The molecular formula is C12H11BrO3. The lowest BCUT2D eigenvalue weighted by Crippen LogP contribution is -2.06. The van der Waals surface area contributed by atoms with Crippen LogP contribution < -0.4 is 0 Å².